The fourth-order valence-electron chi connectivity index (χ4n) is 1.44. The highest BCUT2D eigenvalue weighted by Gasteiger charge is 2.22. The van der Waals surface area contributed by atoms with Gasteiger partial charge in [-0.05, 0) is 25.6 Å². The summed E-state index contributed by atoms with van der Waals surface area (Å²) in [6, 6.07) is 0. The third kappa shape index (κ3) is 2.33. The van der Waals surface area contributed by atoms with E-state index in [1.807, 2.05) is 26.2 Å². The first-order chi connectivity index (χ1) is 6.76. The first-order valence-corrected chi connectivity index (χ1v) is 4.65. The molecule has 76 valence electrons. The van der Waals surface area contributed by atoms with E-state index in [0.717, 1.165) is 18.4 Å². The van der Waals surface area contributed by atoms with Gasteiger partial charge in [-0.3, -0.25) is 4.79 Å². The van der Waals surface area contributed by atoms with Gasteiger partial charge < -0.3 is 10.6 Å². The minimum Gasteiger partial charge on any atom is -0.388 e. The van der Waals surface area contributed by atoms with E-state index in [4.69, 9.17) is 0 Å². The van der Waals surface area contributed by atoms with E-state index in [1.165, 1.54) is 6.08 Å². The normalized spacial score (nSPS) is 26.3. The van der Waals surface area contributed by atoms with Crippen LogP contribution >= 0.6 is 0 Å². The summed E-state index contributed by atoms with van der Waals surface area (Å²) in [5.74, 6) is 0. The van der Waals surface area contributed by atoms with Crippen molar-refractivity contribution in [1.29, 1.82) is 0 Å². The molecule has 0 saturated heterocycles. The Kier molecular flexibility index (Phi) is 3.65. The van der Waals surface area contributed by atoms with Crippen LogP contribution < -0.4 is 10.6 Å². The fraction of sp³-hybridized carbons (Fsp3) is 0.364. The van der Waals surface area contributed by atoms with E-state index in [1.54, 1.807) is 0 Å². The van der Waals surface area contributed by atoms with E-state index in [9.17, 15) is 4.79 Å². The topological polar surface area (TPSA) is 41.1 Å². The summed E-state index contributed by atoms with van der Waals surface area (Å²) in [6.45, 7) is 0. The maximum Gasteiger partial charge on any atom is 0.142 e. The zero-order chi connectivity index (χ0) is 10.4. The number of hydrogen-bond acceptors (Lipinski definition) is 3. The Labute approximate surface area is 84.6 Å². The van der Waals surface area contributed by atoms with Crippen LogP contribution in [0.3, 0.4) is 0 Å². The minimum absolute atomic E-state index is 0.207. The Morgan fingerprint density at radius 1 is 1.50 bits per heavy atom. The molecule has 0 amide bonds. The van der Waals surface area contributed by atoms with Crippen LogP contribution in [0.25, 0.3) is 0 Å². The molecule has 3 nitrogen and oxygen atoms in total. The van der Waals surface area contributed by atoms with Crippen molar-refractivity contribution in [2.24, 2.45) is 0 Å². The second kappa shape index (κ2) is 4.77. The highest BCUT2D eigenvalue weighted by molar-refractivity contribution is 5.65. The van der Waals surface area contributed by atoms with Crippen LogP contribution in [0.1, 0.15) is 6.42 Å². The number of carbonyl (C=O) groups excluding carboxylic acids is 1. The number of nitrogens with one attached hydrogen (secondary N) is 2. The van der Waals surface area contributed by atoms with Gasteiger partial charge in [-0.1, -0.05) is 18.2 Å². The number of carbonyl (C=O) groups is 1. The Morgan fingerprint density at radius 2 is 2.29 bits per heavy atom. The average Bonchev–Trinajstić information content (AvgIpc) is 2.27. The van der Waals surface area contributed by atoms with E-state index in [2.05, 4.69) is 22.8 Å². The van der Waals surface area contributed by atoms with Gasteiger partial charge in [0.2, 0.25) is 0 Å². The van der Waals surface area contributed by atoms with Crippen LogP contribution in [-0.2, 0) is 4.79 Å². The predicted octanol–water partition coefficient (Wildman–Crippen LogP) is 0.763. The zero-order valence-corrected chi connectivity index (χ0v) is 8.58. The molecule has 0 aromatic heterocycles. The van der Waals surface area contributed by atoms with Crippen molar-refractivity contribution in [3.05, 3.63) is 36.1 Å². The summed E-state index contributed by atoms with van der Waals surface area (Å²) >= 11 is 0. The quantitative estimate of drug-likeness (QED) is 0.510. The lowest BCUT2D eigenvalue weighted by molar-refractivity contribution is -0.104. The highest BCUT2D eigenvalue weighted by atomic mass is 16.1. The predicted molar refractivity (Wildman–Crippen MR) is 57.9 cm³/mol. The molecule has 1 rings (SSSR count). The maximum atomic E-state index is 10.3. The van der Waals surface area contributed by atoms with Crippen molar-refractivity contribution < 1.29 is 4.79 Å². The van der Waals surface area contributed by atoms with Gasteiger partial charge in [0.15, 0.2) is 0 Å². The second-order valence-corrected chi connectivity index (χ2v) is 3.23. The molecule has 3 heteroatoms. The minimum atomic E-state index is -0.207. The van der Waals surface area contributed by atoms with Gasteiger partial charge in [-0.15, -0.1) is 0 Å². The molecule has 0 radical (unpaired) electrons. The Morgan fingerprint density at radius 3 is 2.71 bits per heavy atom. The van der Waals surface area contributed by atoms with Gasteiger partial charge in [-0.2, -0.15) is 0 Å². The summed E-state index contributed by atoms with van der Waals surface area (Å²) in [5, 5.41) is 6.27. The third-order valence-electron chi connectivity index (χ3n) is 2.45. The molecule has 0 aliphatic heterocycles. The van der Waals surface area contributed by atoms with Crippen molar-refractivity contribution in [3.8, 4) is 0 Å². The molecule has 14 heavy (non-hydrogen) atoms. The lowest BCUT2D eigenvalue weighted by Gasteiger charge is -2.28. The van der Waals surface area contributed by atoms with Crippen molar-refractivity contribution in [2.45, 2.75) is 12.0 Å². The summed E-state index contributed by atoms with van der Waals surface area (Å²) in [4.78, 5) is 10.3. The molecule has 0 fully saturated rings. The molecule has 1 atom stereocenters. The van der Waals surface area contributed by atoms with Gasteiger partial charge in [0.05, 0.1) is 5.54 Å². The van der Waals surface area contributed by atoms with Crippen LogP contribution in [0.5, 0.6) is 0 Å². The maximum absolute atomic E-state index is 10.3. The lowest BCUT2D eigenvalue weighted by Crippen LogP contribution is -2.40. The molecule has 1 aliphatic carbocycles. The third-order valence-corrected chi connectivity index (χ3v) is 2.45. The average molecular weight is 192 g/mol. The number of aldehydes is 1. The molecule has 0 heterocycles. The van der Waals surface area contributed by atoms with E-state index in [-0.39, 0.29) is 5.54 Å². The van der Waals surface area contributed by atoms with Crippen molar-refractivity contribution in [2.75, 3.05) is 14.1 Å². The van der Waals surface area contributed by atoms with E-state index >= 15 is 0 Å². The lowest BCUT2D eigenvalue weighted by atomic mass is 9.90. The monoisotopic (exact) mass is 192 g/mol. The molecular formula is C11H16N2O. The second-order valence-electron chi connectivity index (χ2n) is 3.23. The molecule has 1 aliphatic rings. The standard InChI is InChI=1S/C11H16N2O/c1-12-10-4-7-11(13-2,8-5-10)6-3-9-14/h3-7,9,12-13H,8H2,1-2H3. The molecular weight excluding hydrogens is 176 g/mol. The summed E-state index contributed by atoms with van der Waals surface area (Å²) in [7, 11) is 3.78. The zero-order valence-electron chi connectivity index (χ0n) is 8.58. The van der Waals surface area contributed by atoms with Crippen LogP contribution in [-0.4, -0.2) is 25.9 Å². The first kappa shape index (κ1) is 10.7. The molecule has 0 aromatic carbocycles. The number of likely N-dealkylation sites (N-methyl/N-ethyl adjacent to an activating group) is 2. The van der Waals surface area contributed by atoms with Gasteiger partial charge in [0.25, 0.3) is 0 Å². The van der Waals surface area contributed by atoms with Gasteiger partial charge >= 0.3 is 0 Å². The van der Waals surface area contributed by atoms with Crippen LogP contribution in [0, 0.1) is 0 Å². The van der Waals surface area contributed by atoms with Crippen LogP contribution in [0.2, 0.25) is 0 Å². The van der Waals surface area contributed by atoms with Crippen molar-refractivity contribution in [1.82, 2.24) is 10.6 Å². The SMILES string of the molecule is CNC1=CCC(C=CC=O)(NC)C=C1. The van der Waals surface area contributed by atoms with Gasteiger partial charge in [0, 0.05) is 12.7 Å². The largest absolute Gasteiger partial charge is 0.388 e. The summed E-state index contributed by atoms with van der Waals surface area (Å²) in [6.07, 6.45) is 11.2. The molecule has 0 aromatic rings. The van der Waals surface area contributed by atoms with Crippen LogP contribution in [0.15, 0.2) is 36.1 Å². The molecule has 1 unspecified atom stereocenters. The molecule has 0 spiro atoms. The smallest absolute Gasteiger partial charge is 0.142 e. The molecule has 2 N–H and O–H groups in total. The van der Waals surface area contributed by atoms with Crippen LogP contribution in [0.4, 0.5) is 0 Å². The Balaban J connectivity index is 2.77. The molecule has 0 saturated carbocycles. The highest BCUT2D eigenvalue weighted by Crippen LogP contribution is 2.20. The van der Waals surface area contributed by atoms with E-state index < -0.39 is 0 Å². The number of hydrogen-bond donors (Lipinski definition) is 2. The van der Waals surface area contributed by atoms with Gasteiger partial charge in [-0.25, -0.2) is 0 Å². The van der Waals surface area contributed by atoms with Crippen molar-refractivity contribution >= 4 is 6.29 Å². The Bertz CT molecular complexity index is 292. The van der Waals surface area contributed by atoms with E-state index in [0.29, 0.717) is 0 Å². The molecule has 0 bridgehead atoms. The first-order valence-electron chi connectivity index (χ1n) is 4.65. The fourth-order valence-corrected chi connectivity index (χ4v) is 1.44. The summed E-state index contributed by atoms with van der Waals surface area (Å²) in [5.41, 5.74) is 0.900. The number of allylic oxidation sites excluding steroid dienone is 2. The summed E-state index contributed by atoms with van der Waals surface area (Å²) < 4.78 is 0. The van der Waals surface area contributed by atoms with Crippen molar-refractivity contribution in [3.63, 3.8) is 0 Å². The number of rotatable bonds is 4. The van der Waals surface area contributed by atoms with Gasteiger partial charge in [0.1, 0.15) is 6.29 Å². The Hall–Kier alpha value is -1.35.